The van der Waals surface area contributed by atoms with Crippen LogP contribution in [0.2, 0.25) is 0 Å². The Morgan fingerprint density at radius 3 is 2.42 bits per heavy atom. The van der Waals surface area contributed by atoms with Gasteiger partial charge in [-0.05, 0) is 67.1 Å². The molecule has 1 amide bonds. The van der Waals surface area contributed by atoms with Crippen LogP contribution in [-0.4, -0.2) is 44.3 Å². The number of nitrogens with one attached hydrogen (secondary N) is 2. The van der Waals surface area contributed by atoms with E-state index in [-0.39, 0.29) is 12.5 Å². The number of fused-ring (bicyclic) bond motifs is 3. The van der Waals surface area contributed by atoms with Crippen LogP contribution in [0.25, 0.3) is 33.1 Å². The zero-order valence-corrected chi connectivity index (χ0v) is 23.3. The summed E-state index contributed by atoms with van der Waals surface area (Å²) in [4.78, 5) is 21.2. The Bertz CT molecular complexity index is 1610. The molecule has 0 bridgehead atoms. The van der Waals surface area contributed by atoms with Crippen molar-refractivity contribution in [2.24, 2.45) is 0 Å². The van der Waals surface area contributed by atoms with Crippen molar-refractivity contribution in [1.82, 2.24) is 15.3 Å². The number of hydrogen-bond acceptors (Lipinski definition) is 6. The molecular formula is C32H33N3O5. The van der Waals surface area contributed by atoms with Crippen molar-refractivity contribution in [1.29, 1.82) is 0 Å². The van der Waals surface area contributed by atoms with Crippen molar-refractivity contribution in [2.45, 2.75) is 13.5 Å². The highest BCUT2D eigenvalue weighted by atomic mass is 16.5. The molecule has 2 N–H and O–H groups in total. The van der Waals surface area contributed by atoms with Gasteiger partial charge in [0.1, 0.15) is 12.0 Å². The molecule has 8 heteroatoms. The van der Waals surface area contributed by atoms with E-state index < -0.39 is 0 Å². The van der Waals surface area contributed by atoms with E-state index in [0.717, 1.165) is 44.5 Å². The summed E-state index contributed by atoms with van der Waals surface area (Å²) >= 11 is 0. The van der Waals surface area contributed by atoms with E-state index in [1.165, 1.54) is 19.4 Å². The number of carbonyl (C=O) groups is 1. The molecule has 0 unspecified atom stereocenters. The summed E-state index contributed by atoms with van der Waals surface area (Å²) in [5.74, 6) is 1.67. The van der Waals surface area contributed by atoms with Crippen LogP contribution in [0, 0.1) is 0 Å². The van der Waals surface area contributed by atoms with Crippen LogP contribution in [0.15, 0.2) is 102 Å². The van der Waals surface area contributed by atoms with Gasteiger partial charge >= 0.3 is 0 Å². The van der Waals surface area contributed by atoms with Gasteiger partial charge in [0.15, 0.2) is 5.76 Å². The predicted octanol–water partition coefficient (Wildman–Crippen LogP) is 6.17. The number of carbonyl (C=O) groups excluding carboxylic acids is 1. The summed E-state index contributed by atoms with van der Waals surface area (Å²) in [5.41, 5.74) is 5.14. The van der Waals surface area contributed by atoms with Crippen LogP contribution in [0.3, 0.4) is 0 Å². The lowest BCUT2D eigenvalue weighted by atomic mass is 10.1. The normalized spacial score (nSPS) is 12.7. The van der Waals surface area contributed by atoms with Gasteiger partial charge in [-0.2, -0.15) is 0 Å². The van der Waals surface area contributed by atoms with E-state index in [2.05, 4.69) is 16.4 Å². The van der Waals surface area contributed by atoms with Crippen LogP contribution < -0.4 is 10.1 Å². The number of pyridine rings is 1. The number of aromatic nitrogens is 2. The van der Waals surface area contributed by atoms with Gasteiger partial charge in [0.25, 0.3) is 0 Å². The molecule has 8 nitrogen and oxygen atoms in total. The third-order valence-corrected chi connectivity index (χ3v) is 6.25. The molecule has 4 aromatic rings. The number of ether oxygens (including phenoxy) is 4. The quantitative estimate of drug-likeness (QED) is 0.134. The van der Waals surface area contributed by atoms with E-state index in [1.54, 1.807) is 39.6 Å². The van der Waals surface area contributed by atoms with E-state index in [1.807, 2.05) is 55.5 Å². The highest BCUT2D eigenvalue weighted by molar-refractivity contribution is 6.11. The minimum Gasteiger partial charge on any atom is -0.501 e. The molecule has 40 heavy (non-hydrogen) atoms. The van der Waals surface area contributed by atoms with Crippen LogP contribution in [0.4, 0.5) is 0 Å². The second-order valence-corrected chi connectivity index (χ2v) is 8.90. The van der Waals surface area contributed by atoms with Gasteiger partial charge in [-0.3, -0.25) is 4.79 Å². The maximum Gasteiger partial charge on any atom is 0.244 e. The van der Waals surface area contributed by atoms with Gasteiger partial charge in [-0.15, -0.1) is 0 Å². The Labute approximate surface area is 233 Å². The summed E-state index contributed by atoms with van der Waals surface area (Å²) in [7, 11) is 6.30. The largest absolute Gasteiger partial charge is 0.501 e. The van der Waals surface area contributed by atoms with Crippen LogP contribution >= 0.6 is 0 Å². The van der Waals surface area contributed by atoms with Gasteiger partial charge < -0.3 is 29.2 Å². The van der Waals surface area contributed by atoms with Crippen molar-refractivity contribution < 1.29 is 23.7 Å². The minimum atomic E-state index is -0.268. The Morgan fingerprint density at radius 2 is 1.73 bits per heavy atom. The van der Waals surface area contributed by atoms with Gasteiger partial charge in [0.05, 0.1) is 57.6 Å². The van der Waals surface area contributed by atoms with Crippen LogP contribution in [0.1, 0.15) is 12.6 Å². The molecular weight excluding hydrogens is 506 g/mol. The van der Waals surface area contributed by atoms with E-state index in [4.69, 9.17) is 23.9 Å². The predicted molar refractivity (Wildman–Crippen MR) is 158 cm³/mol. The van der Waals surface area contributed by atoms with Gasteiger partial charge in [0.2, 0.25) is 5.91 Å². The standard InChI is InChI=1S/C32H33N3O5/c1-21(38-3)16-22(17-26(40-5)20-37-2)10-15-30(36)33-19-24-18-28-27-8-6-7-9-29(27)35-32(28)31(34-24)23-11-13-25(39-4)14-12-23/h6-18,20,35H,19H2,1-5H3,(H,33,36)/b15-10+,21-16+,22-17-,26-20-. The fourth-order valence-electron chi connectivity index (χ4n) is 4.21. The zero-order valence-electron chi connectivity index (χ0n) is 23.3. The lowest BCUT2D eigenvalue weighted by molar-refractivity contribution is -0.116. The SMILES string of the molecule is CO/C=C(/C=C(/C=C/C(=O)NCc1cc2c([nH]c3ccccc32)c(-c2ccc(OC)cc2)n1)\C=C(/C)OC)OC. The van der Waals surface area contributed by atoms with Gasteiger partial charge in [0, 0.05) is 27.9 Å². The number of methoxy groups -OCH3 is 4. The Balaban J connectivity index is 1.62. The fourth-order valence-corrected chi connectivity index (χ4v) is 4.21. The molecule has 0 spiro atoms. The van der Waals surface area contributed by atoms with Crippen LogP contribution in [-0.2, 0) is 25.5 Å². The lowest BCUT2D eigenvalue weighted by Crippen LogP contribution is -2.21. The molecule has 0 aliphatic heterocycles. The summed E-state index contributed by atoms with van der Waals surface area (Å²) < 4.78 is 20.9. The maximum atomic E-state index is 12.8. The Hall–Kier alpha value is -4.98. The number of para-hydroxylation sites is 1. The Kier molecular flexibility index (Phi) is 9.25. The molecule has 206 valence electrons. The number of amides is 1. The molecule has 0 aliphatic carbocycles. The average Bonchev–Trinajstić information content (AvgIpc) is 3.36. The highest BCUT2D eigenvalue weighted by Crippen LogP contribution is 2.33. The van der Waals surface area contributed by atoms with Gasteiger partial charge in [-0.25, -0.2) is 4.98 Å². The van der Waals surface area contributed by atoms with E-state index >= 15 is 0 Å². The molecule has 0 fully saturated rings. The third kappa shape index (κ3) is 6.71. The summed E-state index contributed by atoms with van der Waals surface area (Å²) in [6, 6.07) is 17.9. The first kappa shape index (κ1) is 28.0. The number of H-pyrrole nitrogens is 1. The second kappa shape index (κ2) is 13.2. The minimum absolute atomic E-state index is 0.251. The second-order valence-electron chi connectivity index (χ2n) is 8.90. The number of hydrogen-bond donors (Lipinski definition) is 2. The molecule has 0 saturated heterocycles. The molecule has 2 aromatic heterocycles. The number of aromatic amines is 1. The fraction of sp³-hybridized carbons (Fsp3) is 0.188. The number of nitrogens with zero attached hydrogens (tertiary/aromatic N) is 1. The van der Waals surface area contributed by atoms with Crippen molar-refractivity contribution >= 4 is 27.7 Å². The van der Waals surface area contributed by atoms with Crippen molar-refractivity contribution in [3.63, 3.8) is 0 Å². The summed E-state index contributed by atoms with van der Waals surface area (Å²) in [6.07, 6.45) is 8.14. The van der Waals surface area contributed by atoms with Crippen molar-refractivity contribution in [3.8, 4) is 17.0 Å². The molecule has 0 saturated carbocycles. The molecule has 0 radical (unpaired) electrons. The number of rotatable bonds is 11. The highest BCUT2D eigenvalue weighted by Gasteiger charge is 2.14. The smallest absolute Gasteiger partial charge is 0.244 e. The van der Waals surface area contributed by atoms with Crippen molar-refractivity contribution in [3.05, 3.63) is 108 Å². The average molecular weight is 540 g/mol. The molecule has 0 aliphatic rings. The first-order chi connectivity index (χ1) is 19.4. The van der Waals surface area contributed by atoms with Gasteiger partial charge in [-0.1, -0.05) is 18.2 Å². The lowest BCUT2D eigenvalue weighted by Gasteiger charge is -2.09. The van der Waals surface area contributed by atoms with E-state index in [0.29, 0.717) is 17.1 Å². The summed E-state index contributed by atoms with van der Waals surface area (Å²) in [5, 5.41) is 5.08. The zero-order chi connectivity index (χ0) is 28.5. The van der Waals surface area contributed by atoms with Crippen molar-refractivity contribution in [2.75, 3.05) is 28.4 Å². The topological polar surface area (TPSA) is 94.7 Å². The maximum absolute atomic E-state index is 12.8. The first-order valence-electron chi connectivity index (χ1n) is 12.7. The molecule has 0 atom stereocenters. The third-order valence-electron chi connectivity index (χ3n) is 6.25. The molecule has 4 rings (SSSR count). The monoisotopic (exact) mass is 539 g/mol. The van der Waals surface area contributed by atoms with Crippen LogP contribution in [0.5, 0.6) is 5.75 Å². The first-order valence-corrected chi connectivity index (χ1v) is 12.7. The van der Waals surface area contributed by atoms with E-state index in [9.17, 15) is 4.79 Å². The number of allylic oxidation sites excluding steroid dienone is 5. The number of benzene rings is 2. The molecule has 2 heterocycles. The molecule has 2 aromatic carbocycles. The Morgan fingerprint density at radius 1 is 0.950 bits per heavy atom. The summed E-state index contributed by atoms with van der Waals surface area (Å²) in [6.45, 7) is 2.07.